The Hall–Kier alpha value is -1.55. The molecule has 2 fully saturated rings. The van der Waals surface area contributed by atoms with Crippen molar-refractivity contribution in [3.05, 3.63) is 34.9 Å². The minimum absolute atomic E-state index is 0.119. The molecule has 0 bridgehead atoms. The maximum Gasteiger partial charge on any atom is 0.227 e. The standard InChI is InChI=1S/C21H29ClN2O2/c1-16(18-5-2-3-6-18)21(26)24-12-4-11-23(13-14-24)20(25)15-17-7-9-19(22)10-8-17/h7-10,16,18H,2-6,11-15H2,1H3. The van der Waals surface area contributed by atoms with Crippen molar-refractivity contribution in [1.82, 2.24) is 9.80 Å². The lowest BCUT2D eigenvalue weighted by molar-refractivity contribution is -0.137. The van der Waals surface area contributed by atoms with Crippen molar-refractivity contribution in [3.8, 4) is 0 Å². The number of hydrogen-bond donors (Lipinski definition) is 0. The summed E-state index contributed by atoms with van der Waals surface area (Å²) < 4.78 is 0. The van der Waals surface area contributed by atoms with Crippen LogP contribution in [0.15, 0.2) is 24.3 Å². The molecule has 1 aliphatic heterocycles. The molecule has 1 saturated heterocycles. The van der Waals surface area contributed by atoms with E-state index < -0.39 is 0 Å². The topological polar surface area (TPSA) is 40.6 Å². The van der Waals surface area contributed by atoms with Crippen LogP contribution in [0.4, 0.5) is 0 Å². The van der Waals surface area contributed by atoms with Gasteiger partial charge in [-0.2, -0.15) is 0 Å². The molecule has 1 saturated carbocycles. The fraction of sp³-hybridized carbons (Fsp3) is 0.619. The first-order chi connectivity index (χ1) is 12.5. The van der Waals surface area contributed by atoms with E-state index in [1.807, 2.05) is 34.1 Å². The molecule has 4 nitrogen and oxygen atoms in total. The second-order valence-corrected chi connectivity index (χ2v) is 8.13. The minimum Gasteiger partial charge on any atom is -0.341 e. The summed E-state index contributed by atoms with van der Waals surface area (Å²) in [4.78, 5) is 29.4. The summed E-state index contributed by atoms with van der Waals surface area (Å²) in [6.07, 6.45) is 6.14. The number of nitrogens with zero attached hydrogens (tertiary/aromatic N) is 2. The Morgan fingerprint density at radius 2 is 1.62 bits per heavy atom. The lowest BCUT2D eigenvalue weighted by atomic mass is 9.91. The second-order valence-electron chi connectivity index (χ2n) is 7.70. The molecule has 142 valence electrons. The first kappa shape index (κ1) is 19.2. The lowest BCUT2D eigenvalue weighted by Crippen LogP contribution is -2.41. The Kier molecular flexibility index (Phi) is 6.58. The number of amides is 2. The average molecular weight is 377 g/mol. The molecule has 26 heavy (non-hydrogen) atoms. The number of benzene rings is 1. The van der Waals surface area contributed by atoms with Crippen molar-refractivity contribution < 1.29 is 9.59 Å². The van der Waals surface area contributed by atoms with Gasteiger partial charge in [-0.05, 0) is 42.9 Å². The van der Waals surface area contributed by atoms with E-state index >= 15 is 0 Å². The Labute approximate surface area is 161 Å². The largest absolute Gasteiger partial charge is 0.341 e. The van der Waals surface area contributed by atoms with Crippen LogP contribution in [0.3, 0.4) is 0 Å². The van der Waals surface area contributed by atoms with Gasteiger partial charge in [0, 0.05) is 37.1 Å². The molecule has 1 aromatic carbocycles. The van der Waals surface area contributed by atoms with E-state index in [0.29, 0.717) is 30.5 Å². The maximum atomic E-state index is 12.8. The van der Waals surface area contributed by atoms with E-state index in [-0.39, 0.29) is 17.7 Å². The Bertz CT molecular complexity index is 625. The number of rotatable bonds is 4. The smallest absolute Gasteiger partial charge is 0.227 e. The van der Waals surface area contributed by atoms with Crippen molar-refractivity contribution in [2.24, 2.45) is 11.8 Å². The number of carbonyl (C=O) groups is 2. The SMILES string of the molecule is CC(C(=O)N1CCCN(C(=O)Cc2ccc(Cl)cc2)CC1)C1CCCC1. The average Bonchev–Trinajstić information content (AvgIpc) is 3.06. The molecule has 5 heteroatoms. The zero-order chi connectivity index (χ0) is 18.5. The molecule has 2 amide bonds. The molecule has 1 aromatic rings. The normalized spacial score (nSPS) is 20.1. The van der Waals surface area contributed by atoms with E-state index in [1.165, 1.54) is 25.7 Å². The molecule has 0 spiro atoms. The molecular formula is C21H29ClN2O2. The van der Waals surface area contributed by atoms with Crippen LogP contribution in [0.5, 0.6) is 0 Å². The number of hydrogen-bond acceptors (Lipinski definition) is 2. The van der Waals surface area contributed by atoms with Crippen LogP contribution < -0.4 is 0 Å². The molecule has 1 unspecified atom stereocenters. The lowest BCUT2D eigenvalue weighted by Gasteiger charge is -2.27. The fourth-order valence-electron chi connectivity index (χ4n) is 4.22. The summed E-state index contributed by atoms with van der Waals surface area (Å²) in [6, 6.07) is 7.43. The molecule has 0 aromatic heterocycles. The molecule has 0 radical (unpaired) electrons. The van der Waals surface area contributed by atoms with Crippen molar-refractivity contribution in [2.45, 2.75) is 45.4 Å². The summed E-state index contributed by atoms with van der Waals surface area (Å²) in [6.45, 7) is 4.87. The predicted molar refractivity (Wildman–Crippen MR) is 104 cm³/mol. The number of carbonyl (C=O) groups excluding carboxylic acids is 2. The van der Waals surface area contributed by atoms with Gasteiger partial charge in [0.05, 0.1) is 6.42 Å². The van der Waals surface area contributed by atoms with Crippen LogP contribution >= 0.6 is 11.6 Å². The van der Waals surface area contributed by atoms with Gasteiger partial charge in [0.2, 0.25) is 11.8 Å². The summed E-state index contributed by atoms with van der Waals surface area (Å²) >= 11 is 5.90. The van der Waals surface area contributed by atoms with Gasteiger partial charge < -0.3 is 9.80 Å². The van der Waals surface area contributed by atoms with Crippen LogP contribution in [0.25, 0.3) is 0 Å². The third kappa shape index (κ3) is 4.79. The van der Waals surface area contributed by atoms with Gasteiger partial charge in [0.1, 0.15) is 0 Å². The maximum absolute atomic E-state index is 12.8. The monoisotopic (exact) mass is 376 g/mol. The highest BCUT2D eigenvalue weighted by atomic mass is 35.5. The van der Waals surface area contributed by atoms with Gasteiger partial charge in [0.15, 0.2) is 0 Å². The molecule has 3 rings (SSSR count). The summed E-state index contributed by atoms with van der Waals surface area (Å²) in [5.74, 6) is 1.08. The van der Waals surface area contributed by atoms with E-state index in [1.54, 1.807) is 0 Å². The second kappa shape index (κ2) is 8.90. The highest BCUT2D eigenvalue weighted by molar-refractivity contribution is 6.30. The van der Waals surface area contributed by atoms with Crippen LogP contribution in [-0.4, -0.2) is 47.8 Å². The van der Waals surface area contributed by atoms with E-state index in [9.17, 15) is 9.59 Å². The molecule has 0 N–H and O–H groups in total. The fourth-order valence-corrected chi connectivity index (χ4v) is 4.35. The van der Waals surface area contributed by atoms with Crippen molar-refractivity contribution in [1.29, 1.82) is 0 Å². The van der Waals surface area contributed by atoms with Gasteiger partial charge >= 0.3 is 0 Å². The molecule has 2 aliphatic rings. The Morgan fingerprint density at radius 3 is 2.31 bits per heavy atom. The van der Waals surface area contributed by atoms with Crippen molar-refractivity contribution in [2.75, 3.05) is 26.2 Å². The summed E-state index contributed by atoms with van der Waals surface area (Å²) in [7, 11) is 0. The zero-order valence-corrected chi connectivity index (χ0v) is 16.4. The van der Waals surface area contributed by atoms with Gasteiger partial charge in [-0.25, -0.2) is 0 Å². The van der Waals surface area contributed by atoms with Gasteiger partial charge in [-0.3, -0.25) is 9.59 Å². The van der Waals surface area contributed by atoms with Crippen LogP contribution in [0.2, 0.25) is 5.02 Å². The van der Waals surface area contributed by atoms with Crippen molar-refractivity contribution >= 4 is 23.4 Å². The van der Waals surface area contributed by atoms with Gasteiger partial charge in [0.25, 0.3) is 0 Å². The zero-order valence-electron chi connectivity index (χ0n) is 15.6. The number of halogens is 1. The highest BCUT2D eigenvalue weighted by Gasteiger charge is 2.31. The van der Waals surface area contributed by atoms with E-state index in [2.05, 4.69) is 6.92 Å². The Morgan fingerprint density at radius 1 is 1.00 bits per heavy atom. The predicted octanol–water partition coefficient (Wildman–Crippen LogP) is 3.77. The first-order valence-corrected chi connectivity index (χ1v) is 10.2. The van der Waals surface area contributed by atoms with Crippen LogP contribution in [-0.2, 0) is 16.0 Å². The molecule has 1 aliphatic carbocycles. The van der Waals surface area contributed by atoms with Crippen LogP contribution in [0.1, 0.15) is 44.6 Å². The first-order valence-electron chi connectivity index (χ1n) is 9.85. The molecule has 1 atom stereocenters. The third-order valence-corrected chi connectivity index (χ3v) is 6.18. The van der Waals surface area contributed by atoms with Crippen LogP contribution in [0, 0.1) is 11.8 Å². The van der Waals surface area contributed by atoms with Gasteiger partial charge in [-0.1, -0.05) is 43.5 Å². The summed E-state index contributed by atoms with van der Waals surface area (Å²) in [5.41, 5.74) is 0.978. The van der Waals surface area contributed by atoms with E-state index in [0.717, 1.165) is 25.1 Å². The van der Waals surface area contributed by atoms with E-state index in [4.69, 9.17) is 11.6 Å². The quantitative estimate of drug-likeness (QED) is 0.802. The Balaban J connectivity index is 1.53. The summed E-state index contributed by atoms with van der Waals surface area (Å²) in [5, 5.41) is 0.682. The van der Waals surface area contributed by atoms with Gasteiger partial charge in [-0.15, -0.1) is 0 Å². The van der Waals surface area contributed by atoms with Crippen molar-refractivity contribution in [3.63, 3.8) is 0 Å². The molecule has 1 heterocycles. The highest BCUT2D eigenvalue weighted by Crippen LogP contribution is 2.32. The molecular weight excluding hydrogens is 348 g/mol. The minimum atomic E-state index is 0.119. The third-order valence-electron chi connectivity index (χ3n) is 5.93.